The third-order valence-electron chi connectivity index (χ3n) is 8.23. The van der Waals surface area contributed by atoms with Gasteiger partial charge in [-0.1, -0.05) is 0 Å². The van der Waals surface area contributed by atoms with Gasteiger partial charge in [-0.2, -0.15) is 0 Å². The van der Waals surface area contributed by atoms with Gasteiger partial charge in [0, 0.05) is 45.3 Å². The molecule has 0 aromatic rings. The van der Waals surface area contributed by atoms with E-state index in [2.05, 4.69) is 10.2 Å². The highest BCUT2D eigenvalue weighted by Crippen LogP contribution is 2.55. The van der Waals surface area contributed by atoms with Gasteiger partial charge in [-0.3, -0.25) is 19.4 Å². The summed E-state index contributed by atoms with van der Waals surface area (Å²) in [6.45, 7) is 5.21. The average molecular weight is 375 g/mol. The monoisotopic (exact) mass is 374 g/mol. The number of carbonyl (C=O) groups excluding carboxylic acids is 2. The van der Waals surface area contributed by atoms with E-state index < -0.39 is 0 Å². The van der Waals surface area contributed by atoms with E-state index in [1.165, 1.54) is 32.1 Å². The van der Waals surface area contributed by atoms with Gasteiger partial charge in [0.05, 0.1) is 12.5 Å². The van der Waals surface area contributed by atoms with Gasteiger partial charge >= 0.3 is 0 Å². The zero-order valence-electron chi connectivity index (χ0n) is 16.6. The zero-order chi connectivity index (χ0) is 18.5. The van der Waals surface area contributed by atoms with Crippen molar-refractivity contribution < 1.29 is 9.59 Å². The smallest absolute Gasteiger partial charge is 0.237 e. The third-order valence-corrected chi connectivity index (χ3v) is 8.23. The maximum atomic E-state index is 12.8. The minimum atomic E-state index is -0.297. The minimum absolute atomic E-state index is 0.00401. The Kier molecular flexibility index (Phi) is 4.67. The molecule has 27 heavy (non-hydrogen) atoms. The van der Waals surface area contributed by atoms with Crippen molar-refractivity contribution in [1.82, 2.24) is 20.0 Å². The van der Waals surface area contributed by atoms with Crippen molar-refractivity contribution in [3.8, 4) is 0 Å². The Bertz CT molecular complexity index is 573. The molecule has 2 heterocycles. The summed E-state index contributed by atoms with van der Waals surface area (Å²) >= 11 is 0. The average Bonchev–Trinajstić information content (AvgIpc) is 2.64. The number of hydrogen-bond donors (Lipinski definition) is 1. The molecular weight excluding hydrogens is 340 g/mol. The number of amides is 2. The molecule has 6 nitrogen and oxygen atoms in total. The van der Waals surface area contributed by atoms with Gasteiger partial charge in [0.1, 0.15) is 0 Å². The molecule has 0 spiro atoms. The molecule has 6 aliphatic rings. The molecule has 0 radical (unpaired) electrons. The quantitative estimate of drug-likeness (QED) is 0.793. The number of hydrogen-bond acceptors (Lipinski definition) is 4. The molecule has 4 bridgehead atoms. The molecule has 4 aliphatic carbocycles. The molecule has 150 valence electrons. The second kappa shape index (κ2) is 7.03. The van der Waals surface area contributed by atoms with Crippen LogP contribution in [0.3, 0.4) is 0 Å². The third kappa shape index (κ3) is 3.29. The van der Waals surface area contributed by atoms with Crippen molar-refractivity contribution in [1.29, 1.82) is 0 Å². The van der Waals surface area contributed by atoms with Crippen LogP contribution in [0.1, 0.15) is 38.5 Å². The summed E-state index contributed by atoms with van der Waals surface area (Å²) in [6, 6.07) is 0.485. The lowest BCUT2D eigenvalue weighted by molar-refractivity contribution is -0.141. The van der Waals surface area contributed by atoms with Gasteiger partial charge in [0.15, 0.2) is 0 Å². The molecule has 6 fully saturated rings. The van der Waals surface area contributed by atoms with Crippen LogP contribution < -0.4 is 5.32 Å². The largest absolute Gasteiger partial charge is 0.353 e. The molecule has 6 rings (SSSR count). The first-order valence-corrected chi connectivity index (χ1v) is 11.1. The lowest BCUT2D eigenvalue weighted by atomic mass is 9.54. The second-order valence-corrected chi connectivity index (χ2v) is 9.83. The van der Waals surface area contributed by atoms with Crippen LogP contribution in [0.4, 0.5) is 0 Å². The fraction of sp³-hybridized carbons (Fsp3) is 0.905. The van der Waals surface area contributed by atoms with Crippen molar-refractivity contribution in [3.05, 3.63) is 0 Å². The van der Waals surface area contributed by atoms with Crippen molar-refractivity contribution in [2.24, 2.45) is 23.7 Å². The Balaban J connectivity index is 1.16. The van der Waals surface area contributed by atoms with E-state index in [4.69, 9.17) is 0 Å². The molecule has 4 saturated carbocycles. The topological polar surface area (TPSA) is 55.9 Å². The maximum Gasteiger partial charge on any atom is 0.237 e. The van der Waals surface area contributed by atoms with Crippen LogP contribution in [0.5, 0.6) is 0 Å². The molecule has 2 saturated heterocycles. The number of likely N-dealkylation sites (N-methyl/N-ethyl adjacent to an activating group) is 1. The SMILES string of the molecule is CN1CCNC(=O)C1CC(=O)N1CCN(C2C3CC4CC(C3)CC2C4)CC1. The zero-order valence-corrected chi connectivity index (χ0v) is 16.6. The number of nitrogens with zero attached hydrogens (tertiary/aromatic N) is 3. The summed E-state index contributed by atoms with van der Waals surface area (Å²) in [5.41, 5.74) is 0. The fourth-order valence-corrected chi connectivity index (χ4v) is 7.13. The number of rotatable bonds is 3. The lowest BCUT2D eigenvalue weighted by Gasteiger charge is -2.58. The molecule has 0 aromatic heterocycles. The molecular formula is C21H34N4O2. The van der Waals surface area contributed by atoms with E-state index in [1.807, 2.05) is 16.8 Å². The van der Waals surface area contributed by atoms with Crippen LogP contribution >= 0.6 is 0 Å². The van der Waals surface area contributed by atoms with E-state index in [9.17, 15) is 9.59 Å². The highest BCUT2D eigenvalue weighted by atomic mass is 16.2. The normalized spacial score (nSPS) is 42.4. The number of nitrogens with one attached hydrogen (secondary N) is 1. The molecule has 2 amide bonds. The Morgan fingerprint density at radius 2 is 1.59 bits per heavy atom. The summed E-state index contributed by atoms with van der Waals surface area (Å²) in [5, 5.41) is 2.89. The Morgan fingerprint density at radius 1 is 0.963 bits per heavy atom. The Morgan fingerprint density at radius 3 is 2.19 bits per heavy atom. The minimum Gasteiger partial charge on any atom is -0.353 e. The molecule has 1 N–H and O–H groups in total. The first-order chi connectivity index (χ1) is 13.1. The Labute approximate surface area is 162 Å². The predicted molar refractivity (Wildman–Crippen MR) is 103 cm³/mol. The van der Waals surface area contributed by atoms with Gasteiger partial charge < -0.3 is 10.2 Å². The number of piperazine rings is 2. The van der Waals surface area contributed by atoms with E-state index in [0.29, 0.717) is 13.0 Å². The first kappa shape index (κ1) is 17.9. The van der Waals surface area contributed by atoms with Crippen molar-refractivity contribution in [2.75, 3.05) is 46.3 Å². The van der Waals surface area contributed by atoms with Gasteiger partial charge in [-0.05, 0) is 62.8 Å². The van der Waals surface area contributed by atoms with Gasteiger partial charge in [0.25, 0.3) is 0 Å². The number of carbonyl (C=O) groups is 2. The first-order valence-electron chi connectivity index (χ1n) is 11.1. The van der Waals surface area contributed by atoms with Crippen LogP contribution in [-0.4, -0.2) is 84.9 Å². The summed E-state index contributed by atoms with van der Waals surface area (Å²) < 4.78 is 0. The summed E-state index contributed by atoms with van der Waals surface area (Å²) in [5.74, 6) is 4.03. The van der Waals surface area contributed by atoms with E-state index in [0.717, 1.165) is 62.4 Å². The molecule has 0 aromatic carbocycles. The van der Waals surface area contributed by atoms with Crippen LogP contribution in [0.2, 0.25) is 0 Å². The molecule has 1 unspecified atom stereocenters. The lowest BCUT2D eigenvalue weighted by Crippen LogP contribution is -2.61. The van der Waals surface area contributed by atoms with Gasteiger partial charge in [0.2, 0.25) is 11.8 Å². The molecule has 1 atom stereocenters. The summed E-state index contributed by atoms with van der Waals surface area (Å²) in [4.78, 5) is 31.6. The predicted octanol–water partition coefficient (Wildman–Crippen LogP) is 0.776. The van der Waals surface area contributed by atoms with Crippen LogP contribution in [-0.2, 0) is 9.59 Å². The highest BCUT2D eigenvalue weighted by molar-refractivity contribution is 5.88. The fourth-order valence-electron chi connectivity index (χ4n) is 7.13. The van der Waals surface area contributed by atoms with Gasteiger partial charge in [-0.15, -0.1) is 0 Å². The van der Waals surface area contributed by atoms with Crippen LogP contribution in [0.15, 0.2) is 0 Å². The van der Waals surface area contributed by atoms with Gasteiger partial charge in [-0.25, -0.2) is 0 Å². The van der Waals surface area contributed by atoms with Crippen LogP contribution in [0.25, 0.3) is 0 Å². The summed E-state index contributed by atoms with van der Waals surface area (Å²) in [6.07, 6.45) is 7.66. The Hall–Kier alpha value is -1.14. The van der Waals surface area contributed by atoms with E-state index in [1.54, 1.807) is 0 Å². The second-order valence-electron chi connectivity index (χ2n) is 9.83. The standard InChI is InChI=1S/C21H34N4O2/c1-23-3-2-22-21(27)18(23)13-19(26)24-4-6-25(7-5-24)20-16-9-14-8-15(11-16)12-17(20)10-14/h14-18,20H,2-13H2,1H3,(H,22,27). The van der Waals surface area contributed by atoms with Crippen molar-refractivity contribution in [2.45, 2.75) is 50.6 Å². The van der Waals surface area contributed by atoms with E-state index >= 15 is 0 Å². The van der Waals surface area contributed by atoms with E-state index in [-0.39, 0.29) is 17.9 Å². The summed E-state index contributed by atoms with van der Waals surface area (Å²) in [7, 11) is 1.95. The molecule has 6 heteroatoms. The molecule has 2 aliphatic heterocycles. The maximum absolute atomic E-state index is 12.8. The van der Waals surface area contributed by atoms with Crippen LogP contribution in [0, 0.1) is 23.7 Å². The van der Waals surface area contributed by atoms with Crippen molar-refractivity contribution >= 4 is 11.8 Å². The van der Waals surface area contributed by atoms with Crippen molar-refractivity contribution in [3.63, 3.8) is 0 Å². The highest BCUT2D eigenvalue weighted by Gasteiger charge is 2.50.